The maximum atomic E-state index is 11.7. The molecule has 140 valence electrons. The minimum Gasteiger partial charge on any atom is -0.497 e. The van der Waals surface area contributed by atoms with E-state index in [1.807, 2.05) is 24.3 Å². The maximum absolute atomic E-state index is 11.7. The first kappa shape index (κ1) is 21.0. The molecule has 1 rings (SSSR count). The lowest BCUT2D eigenvalue weighted by atomic mass is 10.1. The van der Waals surface area contributed by atoms with Crippen molar-refractivity contribution < 1.29 is 19.1 Å². The van der Waals surface area contributed by atoms with Crippen molar-refractivity contribution in [2.75, 3.05) is 13.7 Å². The number of carbonyl (C=O) groups is 2. The first-order valence-corrected chi connectivity index (χ1v) is 9.25. The minimum atomic E-state index is -0.809. The molecule has 25 heavy (non-hydrogen) atoms. The smallest absolute Gasteiger partial charge is 0.396 e. The summed E-state index contributed by atoms with van der Waals surface area (Å²) in [5.41, 5.74) is 0.894. The number of hydrogen-bond donors (Lipinski definition) is 1. The third-order valence-corrected chi connectivity index (χ3v) is 4.03. The van der Waals surface area contributed by atoms with Crippen LogP contribution in [0.1, 0.15) is 63.9 Å². The molecule has 0 saturated heterocycles. The molecule has 0 unspecified atom stereocenters. The van der Waals surface area contributed by atoms with E-state index in [0.29, 0.717) is 6.61 Å². The van der Waals surface area contributed by atoms with Gasteiger partial charge >= 0.3 is 11.9 Å². The van der Waals surface area contributed by atoms with Gasteiger partial charge in [-0.25, -0.2) is 4.79 Å². The molecule has 0 fully saturated rings. The Morgan fingerprint density at radius 3 is 2.12 bits per heavy atom. The third-order valence-electron chi connectivity index (χ3n) is 4.03. The van der Waals surface area contributed by atoms with E-state index >= 15 is 0 Å². The highest BCUT2D eigenvalue weighted by atomic mass is 16.5. The Bertz CT molecular complexity index is 499. The third kappa shape index (κ3) is 9.75. The van der Waals surface area contributed by atoms with Gasteiger partial charge in [-0.05, 0) is 24.1 Å². The fraction of sp³-hybridized carbons (Fsp3) is 0.600. The van der Waals surface area contributed by atoms with Crippen molar-refractivity contribution in [2.24, 2.45) is 0 Å². The number of methoxy groups -OCH3 is 1. The Morgan fingerprint density at radius 1 is 0.920 bits per heavy atom. The molecule has 0 bridgehead atoms. The Kier molecular flexibility index (Phi) is 11.2. The summed E-state index contributed by atoms with van der Waals surface area (Å²) >= 11 is 0. The van der Waals surface area contributed by atoms with Gasteiger partial charge in [-0.3, -0.25) is 4.79 Å². The van der Waals surface area contributed by atoms with E-state index in [1.54, 1.807) is 7.11 Å². The van der Waals surface area contributed by atoms with E-state index in [2.05, 4.69) is 12.2 Å². The number of benzene rings is 1. The van der Waals surface area contributed by atoms with Crippen molar-refractivity contribution >= 4 is 11.9 Å². The number of esters is 1. The zero-order chi connectivity index (χ0) is 18.3. The van der Waals surface area contributed by atoms with Gasteiger partial charge in [0.25, 0.3) is 0 Å². The summed E-state index contributed by atoms with van der Waals surface area (Å²) in [6, 6.07) is 7.29. The Hall–Kier alpha value is -2.04. The van der Waals surface area contributed by atoms with Gasteiger partial charge in [0, 0.05) is 6.54 Å². The normalized spacial score (nSPS) is 10.3. The molecule has 0 spiro atoms. The molecule has 0 atom stereocenters. The van der Waals surface area contributed by atoms with Gasteiger partial charge in [0.2, 0.25) is 0 Å². The van der Waals surface area contributed by atoms with Crippen molar-refractivity contribution in [3.63, 3.8) is 0 Å². The molecule has 0 aromatic heterocycles. The highest BCUT2D eigenvalue weighted by Crippen LogP contribution is 2.11. The second-order valence-electron chi connectivity index (χ2n) is 6.14. The van der Waals surface area contributed by atoms with E-state index in [0.717, 1.165) is 30.6 Å². The van der Waals surface area contributed by atoms with Crippen LogP contribution in [0.3, 0.4) is 0 Å². The molecule has 0 aliphatic heterocycles. The predicted molar refractivity (Wildman–Crippen MR) is 98.4 cm³/mol. The van der Waals surface area contributed by atoms with Crippen molar-refractivity contribution in [3.8, 4) is 5.75 Å². The number of nitrogens with one attached hydrogen (secondary N) is 1. The highest BCUT2D eigenvalue weighted by Gasteiger charge is 2.14. The SMILES string of the molecule is CCCCCCCCCCOC(=O)C(=O)NCc1ccc(OC)cc1. The lowest BCUT2D eigenvalue weighted by Crippen LogP contribution is -2.32. The zero-order valence-corrected chi connectivity index (χ0v) is 15.5. The lowest BCUT2D eigenvalue weighted by molar-refractivity contribution is -0.155. The van der Waals surface area contributed by atoms with E-state index in [4.69, 9.17) is 9.47 Å². The van der Waals surface area contributed by atoms with Crippen LogP contribution < -0.4 is 10.1 Å². The van der Waals surface area contributed by atoms with Crippen molar-refractivity contribution in [2.45, 2.75) is 64.8 Å². The van der Waals surface area contributed by atoms with Gasteiger partial charge in [-0.2, -0.15) is 0 Å². The minimum absolute atomic E-state index is 0.287. The van der Waals surface area contributed by atoms with Gasteiger partial charge in [0.1, 0.15) is 5.75 Å². The number of hydrogen-bond acceptors (Lipinski definition) is 4. The lowest BCUT2D eigenvalue weighted by Gasteiger charge is -2.07. The molecule has 0 radical (unpaired) electrons. The van der Waals surface area contributed by atoms with Gasteiger partial charge in [-0.1, -0.05) is 64.0 Å². The van der Waals surface area contributed by atoms with E-state index in [9.17, 15) is 9.59 Å². The molecule has 0 saturated carbocycles. The van der Waals surface area contributed by atoms with Crippen LogP contribution in [0.5, 0.6) is 5.75 Å². The summed E-state index contributed by atoms with van der Waals surface area (Å²) in [5.74, 6) is -0.758. The molecule has 1 aromatic carbocycles. The molecule has 1 amide bonds. The molecular formula is C20H31NO4. The second-order valence-corrected chi connectivity index (χ2v) is 6.14. The van der Waals surface area contributed by atoms with E-state index in [1.165, 1.54) is 32.1 Å². The molecule has 0 aliphatic rings. The van der Waals surface area contributed by atoms with Gasteiger partial charge in [0.05, 0.1) is 13.7 Å². The number of carbonyl (C=O) groups excluding carboxylic acids is 2. The molecule has 1 aromatic rings. The van der Waals surface area contributed by atoms with Crippen molar-refractivity contribution in [1.29, 1.82) is 0 Å². The molecule has 5 heteroatoms. The quantitative estimate of drug-likeness (QED) is 0.352. The number of unbranched alkanes of at least 4 members (excludes halogenated alkanes) is 7. The summed E-state index contributed by atoms with van der Waals surface area (Å²) in [4.78, 5) is 23.3. The van der Waals surface area contributed by atoms with Crippen LogP contribution in [0.2, 0.25) is 0 Å². The summed E-state index contributed by atoms with van der Waals surface area (Å²) in [5, 5.41) is 2.56. The molecule has 1 N–H and O–H groups in total. The molecule has 0 aliphatic carbocycles. The average Bonchev–Trinajstić information content (AvgIpc) is 2.65. The molecular weight excluding hydrogens is 318 g/mol. The van der Waals surface area contributed by atoms with Crippen LogP contribution in [0.15, 0.2) is 24.3 Å². The first-order valence-electron chi connectivity index (χ1n) is 9.25. The van der Waals surface area contributed by atoms with Crippen LogP contribution in [0, 0.1) is 0 Å². The van der Waals surface area contributed by atoms with Gasteiger partial charge < -0.3 is 14.8 Å². The van der Waals surface area contributed by atoms with Gasteiger partial charge in [0.15, 0.2) is 0 Å². The van der Waals surface area contributed by atoms with Crippen LogP contribution >= 0.6 is 0 Å². The Labute approximate surface area is 151 Å². The first-order chi connectivity index (χ1) is 12.2. The van der Waals surface area contributed by atoms with Crippen LogP contribution in [-0.2, 0) is 20.9 Å². The predicted octanol–water partition coefficient (Wildman–Crippen LogP) is 4.00. The summed E-state index contributed by atoms with van der Waals surface area (Å²) in [6.07, 6.45) is 9.39. The summed E-state index contributed by atoms with van der Waals surface area (Å²) in [6.45, 7) is 2.81. The topological polar surface area (TPSA) is 64.6 Å². The summed E-state index contributed by atoms with van der Waals surface area (Å²) in [7, 11) is 1.60. The van der Waals surface area contributed by atoms with Crippen LogP contribution in [0.4, 0.5) is 0 Å². The monoisotopic (exact) mass is 349 g/mol. The average molecular weight is 349 g/mol. The van der Waals surface area contributed by atoms with Crippen molar-refractivity contribution in [3.05, 3.63) is 29.8 Å². The van der Waals surface area contributed by atoms with E-state index < -0.39 is 11.9 Å². The largest absolute Gasteiger partial charge is 0.497 e. The second kappa shape index (κ2) is 13.3. The molecule has 5 nitrogen and oxygen atoms in total. The Balaban J connectivity index is 2.06. The van der Waals surface area contributed by atoms with Gasteiger partial charge in [-0.15, -0.1) is 0 Å². The number of ether oxygens (including phenoxy) is 2. The van der Waals surface area contributed by atoms with E-state index in [-0.39, 0.29) is 6.54 Å². The fourth-order valence-electron chi connectivity index (χ4n) is 2.46. The highest BCUT2D eigenvalue weighted by molar-refractivity contribution is 6.32. The van der Waals surface area contributed by atoms with Crippen LogP contribution in [-0.4, -0.2) is 25.6 Å². The standard InChI is InChI=1S/C20H31NO4/c1-3-4-5-6-7-8-9-10-15-25-20(23)19(22)21-16-17-11-13-18(24-2)14-12-17/h11-14H,3-10,15-16H2,1-2H3,(H,21,22). The zero-order valence-electron chi connectivity index (χ0n) is 15.5. The van der Waals surface area contributed by atoms with Crippen molar-refractivity contribution in [1.82, 2.24) is 5.32 Å². The number of rotatable bonds is 12. The number of amides is 1. The summed E-state index contributed by atoms with van der Waals surface area (Å²) < 4.78 is 10.1. The fourth-order valence-corrected chi connectivity index (χ4v) is 2.46. The maximum Gasteiger partial charge on any atom is 0.396 e. The Morgan fingerprint density at radius 2 is 1.52 bits per heavy atom. The molecule has 0 heterocycles. The van der Waals surface area contributed by atoms with Crippen LogP contribution in [0.25, 0.3) is 0 Å².